The number of nitrogens with zero attached hydrogens (tertiary/aromatic N) is 1. The lowest BCUT2D eigenvalue weighted by Gasteiger charge is -1.98. The molecule has 2 aromatic heterocycles. The Kier molecular flexibility index (Phi) is 3.97. The third-order valence-corrected chi connectivity index (χ3v) is 3.68. The van der Waals surface area contributed by atoms with Crippen molar-refractivity contribution in [3.63, 3.8) is 0 Å². The molecule has 0 aliphatic heterocycles. The van der Waals surface area contributed by atoms with Crippen LogP contribution in [0.25, 0.3) is 11.3 Å². The molecule has 22 heavy (non-hydrogen) atoms. The first-order valence-electron chi connectivity index (χ1n) is 6.27. The lowest BCUT2D eigenvalue weighted by atomic mass is 10.2. The largest absolute Gasteiger partial charge is 0.502 e. The van der Waals surface area contributed by atoms with Crippen molar-refractivity contribution in [1.29, 1.82) is 0 Å². The van der Waals surface area contributed by atoms with E-state index in [0.29, 0.717) is 22.5 Å². The van der Waals surface area contributed by atoms with E-state index in [1.165, 1.54) is 30.0 Å². The summed E-state index contributed by atoms with van der Waals surface area (Å²) in [5, 5.41) is 9.51. The summed E-state index contributed by atoms with van der Waals surface area (Å²) in [7, 11) is 0. The fourth-order valence-electron chi connectivity index (χ4n) is 1.72. The van der Waals surface area contributed by atoms with Gasteiger partial charge < -0.3 is 13.9 Å². The Labute approximate surface area is 128 Å². The van der Waals surface area contributed by atoms with Crippen LogP contribution >= 0.6 is 11.8 Å². The van der Waals surface area contributed by atoms with Crippen molar-refractivity contribution in [2.24, 2.45) is 0 Å². The van der Waals surface area contributed by atoms with Crippen molar-refractivity contribution in [2.45, 2.75) is 11.0 Å². The molecule has 0 atom stereocenters. The van der Waals surface area contributed by atoms with E-state index in [9.17, 15) is 9.18 Å². The number of thioether (sulfide) groups is 1. The molecular formula is C15H10FNO4S. The van der Waals surface area contributed by atoms with Crippen LogP contribution < -0.4 is 5.43 Å². The van der Waals surface area contributed by atoms with Gasteiger partial charge in [0.2, 0.25) is 5.43 Å². The molecular weight excluding hydrogens is 309 g/mol. The molecule has 0 aliphatic rings. The van der Waals surface area contributed by atoms with Crippen molar-refractivity contribution >= 4 is 11.8 Å². The van der Waals surface area contributed by atoms with E-state index in [0.717, 1.165) is 11.8 Å². The van der Waals surface area contributed by atoms with Gasteiger partial charge in [0.1, 0.15) is 17.8 Å². The van der Waals surface area contributed by atoms with Crippen molar-refractivity contribution < 1.29 is 18.3 Å². The second-order valence-electron chi connectivity index (χ2n) is 4.38. The second kappa shape index (κ2) is 6.07. The quantitative estimate of drug-likeness (QED) is 0.742. The van der Waals surface area contributed by atoms with Crippen LogP contribution in [0.5, 0.6) is 5.75 Å². The van der Waals surface area contributed by atoms with Crippen LogP contribution in [0.1, 0.15) is 5.76 Å². The Morgan fingerprint density at radius 3 is 2.77 bits per heavy atom. The predicted molar refractivity (Wildman–Crippen MR) is 78.1 cm³/mol. The Balaban J connectivity index is 1.70. The summed E-state index contributed by atoms with van der Waals surface area (Å²) in [6.07, 6.45) is 2.54. The summed E-state index contributed by atoms with van der Waals surface area (Å²) in [5.74, 6) is 0.506. The van der Waals surface area contributed by atoms with Gasteiger partial charge in [-0.1, -0.05) is 11.8 Å². The second-order valence-corrected chi connectivity index (χ2v) is 5.31. The zero-order valence-electron chi connectivity index (χ0n) is 11.2. The average molecular weight is 319 g/mol. The molecule has 0 saturated carbocycles. The van der Waals surface area contributed by atoms with Gasteiger partial charge in [0.15, 0.2) is 11.5 Å². The number of benzene rings is 1. The van der Waals surface area contributed by atoms with Crippen LogP contribution in [-0.2, 0) is 5.75 Å². The zero-order valence-corrected chi connectivity index (χ0v) is 12.0. The fraction of sp³-hybridized carbons (Fsp3) is 0.0667. The molecule has 0 radical (unpaired) electrons. The van der Waals surface area contributed by atoms with Crippen molar-refractivity contribution in [2.75, 3.05) is 0 Å². The van der Waals surface area contributed by atoms with Gasteiger partial charge in [0.05, 0.1) is 11.9 Å². The third-order valence-electron chi connectivity index (χ3n) is 2.82. The predicted octanol–water partition coefficient (Wildman–Crippen LogP) is 3.43. The van der Waals surface area contributed by atoms with E-state index in [4.69, 9.17) is 13.9 Å². The van der Waals surface area contributed by atoms with Crippen LogP contribution in [0, 0.1) is 5.82 Å². The molecule has 1 aromatic carbocycles. The summed E-state index contributed by atoms with van der Waals surface area (Å²) < 4.78 is 23.5. The Hall–Kier alpha value is -2.54. The smallest absolute Gasteiger partial charge is 0.256 e. The molecule has 2 heterocycles. The standard InChI is InChI=1S/C15H10FNO4S/c16-10-3-1-9(2-4-10)14-6-17-15(21-14)22-8-11-5-12(18)13(19)7-20-11/h1-7,19H,8H2. The van der Waals surface area contributed by atoms with Crippen molar-refractivity contribution in [3.8, 4) is 17.1 Å². The molecule has 5 nitrogen and oxygen atoms in total. The number of hydrogen-bond donors (Lipinski definition) is 1. The van der Waals surface area contributed by atoms with E-state index >= 15 is 0 Å². The van der Waals surface area contributed by atoms with Gasteiger partial charge >= 0.3 is 0 Å². The monoisotopic (exact) mass is 319 g/mol. The molecule has 1 N–H and O–H groups in total. The Morgan fingerprint density at radius 1 is 1.27 bits per heavy atom. The number of hydrogen-bond acceptors (Lipinski definition) is 6. The van der Waals surface area contributed by atoms with Crippen molar-refractivity contribution in [3.05, 3.63) is 64.6 Å². The van der Waals surface area contributed by atoms with Crippen molar-refractivity contribution in [1.82, 2.24) is 4.98 Å². The normalized spacial score (nSPS) is 10.8. The number of halogens is 1. The van der Waals surface area contributed by atoms with Crippen LogP contribution in [0.2, 0.25) is 0 Å². The summed E-state index contributed by atoms with van der Waals surface area (Å²) in [4.78, 5) is 15.4. The average Bonchev–Trinajstić information content (AvgIpc) is 2.98. The van der Waals surface area contributed by atoms with E-state index in [1.54, 1.807) is 18.3 Å². The highest BCUT2D eigenvalue weighted by Gasteiger charge is 2.09. The van der Waals surface area contributed by atoms with Gasteiger partial charge in [-0.3, -0.25) is 4.79 Å². The molecule has 0 unspecified atom stereocenters. The number of oxazole rings is 1. The molecule has 0 saturated heterocycles. The number of aromatic nitrogens is 1. The highest BCUT2D eigenvalue weighted by Crippen LogP contribution is 2.27. The minimum atomic E-state index is -0.499. The van der Waals surface area contributed by atoms with Crippen LogP contribution in [0.4, 0.5) is 4.39 Å². The summed E-state index contributed by atoms with van der Waals surface area (Å²) in [6, 6.07) is 7.10. The van der Waals surface area contributed by atoms with Gasteiger partial charge in [-0.05, 0) is 24.3 Å². The molecule has 0 amide bonds. The molecule has 0 fully saturated rings. The van der Waals surface area contributed by atoms with Crippen LogP contribution in [0.3, 0.4) is 0 Å². The Bertz CT molecular complexity index is 841. The first-order chi connectivity index (χ1) is 10.6. The maximum atomic E-state index is 12.9. The SMILES string of the molecule is O=c1cc(CSc2ncc(-c3ccc(F)cc3)o2)occ1O. The topological polar surface area (TPSA) is 76.5 Å². The van der Waals surface area contributed by atoms with Gasteiger partial charge in [0.25, 0.3) is 5.22 Å². The molecule has 7 heteroatoms. The van der Waals surface area contributed by atoms with Gasteiger partial charge in [-0.2, -0.15) is 0 Å². The van der Waals surface area contributed by atoms with E-state index < -0.39 is 11.2 Å². The fourth-order valence-corrected chi connectivity index (χ4v) is 2.42. The molecule has 3 aromatic rings. The molecule has 3 rings (SSSR count). The van der Waals surface area contributed by atoms with Gasteiger partial charge in [-0.25, -0.2) is 9.37 Å². The molecule has 0 bridgehead atoms. The summed E-state index contributed by atoms with van der Waals surface area (Å²) in [5.41, 5.74) is 0.221. The van der Waals surface area contributed by atoms with Gasteiger partial charge in [-0.15, -0.1) is 0 Å². The van der Waals surface area contributed by atoms with E-state index in [2.05, 4.69) is 4.98 Å². The van der Waals surface area contributed by atoms with Gasteiger partial charge in [0, 0.05) is 11.6 Å². The first kappa shape index (κ1) is 14.4. The highest BCUT2D eigenvalue weighted by molar-refractivity contribution is 7.98. The summed E-state index contributed by atoms with van der Waals surface area (Å²) in [6.45, 7) is 0. The summed E-state index contributed by atoms with van der Waals surface area (Å²) >= 11 is 1.24. The van der Waals surface area contributed by atoms with E-state index in [1.807, 2.05) is 0 Å². The number of aromatic hydroxyl groups is 1. The number of rotatable bonds is 4. The Morgan fingerprint density at radius 2 is 2.05 bits per heavy atom. The highest BCUT2D eigenvalue weighted by atomic mass is 32.2. The van der Waals surface area contributed by atoms with Crippen LogP contribution in [0.15, 0.2) is 61.6 Å². The lowest BCUT2D eigenvalue weighted by Crippen LogP contribution is -1.98. The minimum Gasteiger partial charge on any atom is -0.502 e. The molecule has 0 spiro atoms. The van der Waals surface area contributed by atoms with Crippen LogP contribution in [-0.4, -0.2) is 10.1 Å². The molecule has 0 aliphatic carbocycles. The van der Waals surface area contributed by atoms with E-state index in [-0.39, 0.29) is 5.82 Å². The third kappa shape index (κ3) is 3.20. The maximum Gasteiger partial charge on any atom is 0.256 e. The zero-order chi connectivity index (χ0) is 15.5. The minimum absolute atomic E-state index is 0.319. The maximum absolute atomic E-state index is 12.9. The first-order valence-corrected chi connectivity index (χ1v) is 7.25. The molecule has 112 valence electrons. The lowest BCUT2D eigenvalue weighted by molar-refractivity contribution is 0.418.